The van der Waals surface area contributed by atoms with Crippen LogP contribution in [0.5, 0.6) is 11.5 Å². The normalized spacial score (nSPS) is 21.5. The number of carbonyl (C=O) groups excluding carboxylic acids is 1. The summed E-state index contributed by atoms with van der Waals surface area (Å²) >= 11 is 0. The third kappa shape index (κ3) is 3.71. The zero-order valence-corrected chi connectivity index (χ0v) is 13.7. The van der Waals surface area contributed by atoms with E-state index in [-0.39, 0.29) is 18.6 Å². The molecule has 0 radical (unpaired) electrons. The number of nitrogens with two attached hydrogens (primary N) is 1. The van der Waals surface area contributed by atoms with Gasteiger partial charge in [-0.15, -0.1) is 0 Å². The second-order valence-corrected chi connectivity index (χ2v) is 5.95. The SMILES string of the molecule is COc1cc(C)ccc1OCC(=O)N1CCC[C@H](C)[C@H]1CN. The van der Waals surface area contributed by atoms with Crippen LogP contribution in [-0.2, 0) is 4.79 Å². The van der Waals surface area contributed by atoms with Gasteiger partial charge in [-0.2, -0.15) is 0 Å². The van der Waals surface area contributed by atoms with Crippen molar-refractivity contribution in [2.24, 2.45) is 11.7 Å². The molecule has 0 spiro atoms. The van der Waals surface area contributed by atoms with Gasteiger partial charge in [0.2, 0.25) is 0 Å². The minimum absolute atomic E-state index is 0.00960. The van der Waals surface area contributed by atoms with Crippen LogP contribution in [-0.4, -0.2) is 43.7 Å². The number of benzene rings is 1. The van der Waals surface area contributed by atoms with Crippen molar-refractivity contribution in [3.63, 3.8) is 0 Å². The van der Waals surface area contributed by atoms with Crippen molar-refractivity contribution in [2.75, 3.05) is 26.8 Å². The molecule has 0 unspecified atom stereocenters. The summed E-state index contributed by atoms with van der Waals surface area (Å²) in [7, 11) is 1.60. The predicted octanol–water partition coefficient (Wildman–Crippen LogP) is 1.97. The Balaban J connectivity index is 2.00. The van der Waals surface area contributed by atoms with Crippen LogP contribution in [0.15, 0.2) is 18.2 Å². The van der Waals surface area contributed by atoms with Gasteiger partial charge in [0.25, 0.3) is 5.91 Å². The van der Waals surface area contributed by atoms with Crippen LogP contribution >= 0.6 is 0 Å². The monoisotopic (exact) mass is 306 g/mol. The van der Waals surface area contributed by atoms with E-state index in [9.17, 15) is 4.79 Å². The average Bonchev–Trinajstić information content (AvgIpc) is 2.52. The summed E-state index contributed by atoms with van der Waals surface area (Å²) in [5.74, 6) is 1.67. The highest BCUT2D eigenvalue weighted by atomic mass is 16.5. The first kappa shape index (κ1) is 16.6. The van der Waals surface area contributed by atoms with Crippen molar-refractivity contribution in [1.29, 1.82) is 0 Å². The van der Waals surface area contributed by atoms with E-state index >= 15 is 0 Å². The van der Waals surface area contributed by atoms with Crippen molar-refractivity contribution < 1.29 is 14.3 Å². The Hall–Kier alpha value is -1.75. The Morgan fingerprint density at radius 3 is 2.86 bits per heavy atom. The average molecular weight is 306 g/mol. The number of hydrogen-bond donors (Lipinski definition) is 1. The van der Waals surface area contributed by atoms with E-state index in [1.807, 2.05) is 30.0 Å². The second-order valence-electron chi connectivity index (χ2n) is 5.95. The molecule has 0 aromatic heterocycles. The van der Waals surface area contributed by atoms with E-state index in [4.69, 9.17) is 15.2 Å². The summed E-state index contributed by atoms with van der Waals surface area (Å²) in [4.78, 5) is 14.3. The summed E-state index contributed by atoms with van der Waals surface area (Å²) < 4.78 is 11.0. The van der Waals surface area contributed by atoms with Gasteiger partial charge in [0.15, 0.2) is 18.1 Å². The second kappa shape index (κ2) is 7.49. The third-order valence-electron chi connectivity index (χ3n) is 4.35. The van der Waals surface area contributed by atoms with Crippen LogP contribution in [0.4, 0.5) is 0 Å². The summed E-state index contributed by atoms with van der Waals surface area (Å²) in [5.41, 5.74) is 6.92. The van der Waals surface area contributed by atoms with Gasteiger partial charge in [-0.1, -0.05) is 13.0 Å². The molecule has 1 saturated heterocycles. The van der Waals surface area contributed by atoms with Gasteiger partial charge >= 0.3 is 0 Å². The van der Waals surface area contributed by atoms with E-state index in [1.54, 1.807) is 7.11 Å². The number of carbonyl (C=O) groups is 1. The molecule has 1 aromatic rings. The van der Waals surface area contributed by atoms with E-state index in [1.165, 1.54) is 0 Å². The number of ether oxygens (including phenoxy) is 2. The van der Waals surface area contributed by atoms with Crippen LogP contribution < -0.4 is 15.2 Å². The van der Waals surface area contributed by atoms with Gasteiger partial charge < -0.3 is 20.1 Å². The maximum absolute atomic E-state index is 12.5. The van der Waals surface area contributed by atoms with Gasteiger partial charge in [0.05, 0.1) is 7.11 Å². The Bertz CT molecular complexity index is 519. The van der Waals surface area contributed by atoms with Gasteiger partial charge in [0.1, 0.15) is 0 Å². The Morgan fingerprint density at radius 2 is 2.18 bits per heavy atom. The molecule has 0 aliphatic carbocycles. The molecule has 0 bridgehead atoms. The van der Waals surface area contributed by atoms with E-state index in [0.29, 0.717) is 24.0 Å². The van der Waals surface area contributed by atoms with Crippen molar-refractivity contribution in [2.45, 2.75) is 32.7 Å². The van der Waals surface area contributed by atoms with Gasteiger partial charge in [-0.3, -0.25) is 4.79 Å². The van der Waals surface area contributed by atoms with E-state index in [0.717, 1.165) is 24.9 Å². The van der Waals surface area contributed by atoms with Crippen molar-refractivity contribution in [3.8, 4) is 11.5 Å². The third-order valence-corrected chi connectivity index (χ3v) is 4.35. The molecular formula is C17H26N2O3. The lowest BCUT2D eigenvalue weighted by Crippen LogP contribution is -2.52. The van der Waals surface area contributed by atoms with Crippen molar-refractivity contribution >= 4 is 5.91 Å². The molecule has 1 amide bonds. The van der Waals surface area contributed by atoms with Crippen LogP contribution in [0.1, 0.15) is 25.3 Å². The minimum atomic E-state index is -0.00960. The predicted molar refractivity (Wildman–Crippen MR) is 86.2 cm³/mol. The highest BCUT2D eigenvalue weighted by Gasteiger charge is 2.30. The number of hydrogen-bond acceptors (Lipinski definition) is 4. The molecule has 5 heteroatoms. The molecule has 1 aliphatic rings. The zero-order valence-electron chi connectivity index (χ0n) is 13.7. The standard InChI is InChI=1S/C17H26N2O3/c1-12-6-7-15(16(9-12)21-3)22-11-17(20)19-8-4-5-13(2)14(19)10-18/h6-7,9,13-14H,4-5,8,10-11,18H2,1-3H3/t13-,14+/m0/s1. The molecule has 22 heavy (non-hydrogen) atoms. The molecule has 2 rings (SSSR count). The number of likely N-dealkylation sites (tertiary alicyclic amines) is 1. The fourth-order valence-corrected chi connectivity index (χ4v) is 3.03. The van der Waals surface area contributed by atoms with Crippen LogP contribution in [0, 0.1) is 12.8 Å². The largest absolute Gasteiger partial charge is 0.493 e. The van der Waals surface area contributed by atoms with Crippen LogP contribution in [0.3, 0.4) is 0 Å². The molecule has 1 aliphatic heterocycles. The van der Waals surface area contributed by atoms with Gasteiger partial charge in [-0.05, 0) is 43.4 Å². The van der Waals surface area contributed by atoms with E-state index < -0.39 is 0 Å². The smallest absolute Gasteiger partial charge is 0.260 e. The fraction of sp³-hybridized carbons (Fsp3) is 0.588. The summed E-state index contributed by atoms with van der Waals surface area (Å²) in [5, 5.41) is 0. The summed E-state index contributed by atoms with van der Waals surface area (Å²) in [6.45, 7) is 5.42. The Morgan fingerprint density at radius 1 is 1.41 bits per heavy atom. The number of amides is 1. The van der Waals surface area contributed by atoms with Crippen molar-refractivity contribution in [1.82, 2.24) is 4.90 Å². The topological polar surface area (TPSA) is 64.8 Å². The lowest BCUT2D eigenvalue weighted by molar-refractivity contribution is -0.138. The van der Waals surface area contributed by atoms with Crippen LogP contribution in [0.2, 0.25) is 0 Å². The summed E-state index contributed by atoms with van der Waals surface area (Å²) in [6, 6.07) is 5.78. The quantitative estimate of drug-likeness (QED) is 0.903. The van der Waals surface area contributed by atoms with Crippen LogP contribution in [0.25, 0.3) is 0 Å². The molecular weight excluding hydrogens is 280 g/mol. The van der Waals surface area contributed by atoms with E-state index in [2.05, 4.69) is 6.92 Å². The maximum Gasteiger partial charge on any atom is 0.260 e. The Kier molecular flexibility index (Phi) is 5.66. The summed E-state index contributed by atoms with van der Waals surface area (Å²) in [6.07, 6.45) is 2.15. The first-order valence-electron chi connectivity index (χ1n) is 7.83. The number of methoxy groups -OCH3 is 1. The van der Waals surface area contributed by atoms with Gasteiger partial charge in [-0.25, -0.2) is 0 Å². The first-order chi connectivity index (χ1) is 10.6. The lowest BCUT2D eigenvalue weighted by Gasteiger charge is -2.39. The Labute approximate surface area is 132 Å². The molecule has 2 N–H and O–H groups in total. The molecule has 1 aromatic carbocycles. The molecule has 1 heterocycles. The number of aryl methyl sites for hydroxylation is 1. The fourth-order valence-electron chi connectivity index (χ4n) is 3.03. The van der Waals surface area contributed by atoms with Crippen molar-refractivity contribution in [3.05, 3.63) is 23.8 Å². The lowest BCUT2D eigenvalue weighted by atomic mass is 9.91. The number of nitrogens with zero attached hydrogens (tertiary/aromatic N) is 1. The molecule has 122 valence electrons. The number of rotatable bonds is 5. The highest BCUT2D eigenvalue weighted by Crippen LogP contribution is 2.28. The molecule has 0 saturated carbocycles. The molecule has 5 nitrogen and oxygen atoms in total. The van der Waals surface area contributed by atoms with Gasteiger partial charge in [0, 0.05) is 19.1 Å². The first-order valence-corrected chi connectivity index (χ1v) is 7.83. The minimum Gasteiger partial charge on any atom is -0.493 e. The maximum atomic E-state index is 12.5. The molecule has 1 fully saturated rings. The molecule has 2 atom stereocenters. The number of piperidine rings is 1. The zero-order chi connectivity index (χ0) is 16.1. The highest BCUT2D eigenvalue weighted by molar-refractivity contribution is 5.78.